The third kappa shape index (κ3) is 4.89. The minimum atomic E-state index is -3.63. The predicted molar refractivity (Wildman–Crippen MR) is 112 cm³/mol. The monoisotopic (exact) mass is 388 g/mol. The Balaban J connectivity index is 2.40. The summed E-state index contributed by atoms with van der Waals surface area (Å²) < 4.78 is 26.2. The third-order valence-corrected chi connectivity index (χ3v) is 5.82. The van der Waals surface area contributed by atoms with E-state index in [0.717, 1.165) is 28.5 Å². The largest absolute Gasteiger partial charge is 0.324 e. The molecule has 6 heteroatoms. The molecule has 0 atom stereocenters. The van der Waals surface area contributed by atoms with Crippen molar-refractivity contribution in [3.05, 3.63) is 58.7 Å². The molecule has 0 saturated carbocycles. The summed E-state index contributed by atoms with van der Waals surface area (Å²) in [6.07, 6.45) is 1.13. The summed E-state index contributed by atoms with van der Waals surface area (Å²) in [6.45, 7) is 9.51. The molecule has 1 amide bonds. The first-order valence-electron chi connectivity index (χ1n) is 8.95. The Morgan fingerprint density at radius 2 is 1.63 bits per heavy atom. The number of rotatable bonds is 6. The lowest BCUT2D eigenvalue weighted by atomic mass is 9.98. The van der Waals surface area contributed by atoms with Crippen LogP contribution in [0, 0.1) is 20.8 Å². The Labute approximate surface area is 162 Å². The van der Waals surface area contributed by atoms with Crippen LogP contribution in [0.15, 0.2) is 36.4 Å². The molecule has 0 radical (unpaired) electrons. The van der Waals surface area contributed by atoms with E-state index in [-0.39, 0.29) is 18.4 Å². The maximum absolute atomic E-state index is 12.7. The van der Waals surface area contributed by atoms with Crippen LogP contribution in [0.25, 0.3) is 0 Å². The Kier molecular flexibility index (Phi) is 6.31. The molecule has 0 aliphatic rings. The number of para-hydroxylation sites is 1. The van der Waals surface area contributed by atoms with Crippen LogP contribution in [0.1, 0.15) is 42.0 Å². The van der Waals surface area contributed by atoms with Gasteiger partial charge < -0.3 is 5.32 Å². The highest BCUT2D eigenvalue weighted by atomic mass is 32.2. The van der Waals surface area contributed by atoms with Crippen molar-refractivity contribution in [2.75, 3.05) is 22.4 Å². The van der Waals surface area contributed by atoms with Gasteiger partial charge in [0, 0.05) is 5.69 Å². The van der Waals surface area contributed by atoms with E-state index in [1.807, 2.05) is 71.0 Å². The molecule has 0 spiro atoms. The van der Waals surface area contributed by atoms with Gasteiger partial charge in [0.1, 0.15) is 6.54 Å². The lowest BCUT2D eigenvalue weighted by Gasteiger charge is -2.27. The number of nitrogens with one attached hydrogen (secondary N) is 1. The van der Waals surface area contributed by atoms with Gasteiger partial charge in [-0.2, -0.15) is 0 Å². The summed E-state index contributed by atoms with van der Waals surface area (Å²) in [7, 11) is -3.63. The number of aryl methyl sites for hydroxylation is 2. The predicted octanol–water partition coefficient (Wildman–Crippen LogP) is 4.14. The number of benzene rings is 2. The molecule has 0 fully saturated rings. The maximum Gasteiger partial charge on any atom is 0.245 e. The van der Waals surface area contributed by atoms with E-state index in [0.29, 0.717) is 11.4 Å². The summed E-state index contributed by atoms with van der Waals surface area (Å²) in [6, 6.07) is 11.3. The van der Waals surface area contributed by atoms with Gasteiger partial charge in [-0.25, -0.2) is 8.42 Å². The Morgan fingerprint density at radius 1 is 1.04 bits per heavy atom. The van der Waals surface area contributed by atoms with Gasteiger partial charge in [0.15, 0.2) is 0 Å². The van der Waals surface area contributed by atoms with Gasteiger partial charge in [0.25, 0.3) is 0 Å². The molecular weight excluding hydrogens is 360 g/mol. The van der Waals surface area contributed by atoms with E-state index in [4.69, 9.17) is 0 Å². The van der Waals surface area contributed by atoms with Crippen LogP contribution >= 0.6 is 0 Å². The van der Waals surface area contributed by atoms with Gasteiger partial charge in [-0.3, -0.25) is 9.10 Å². The van der Waals surface area contributed by atoms with E-state index in [9.17, 15) is 13.2 Å². The minimum absolute atomic E-state index is 0.131. The van der Waals surface area contributed by atoms with Crippen LogP contribution in [0.5, 0.6) is 0 Å². The second-order valence-corrected chi connectivity index (χ2v) is 9.14. The molecule has 2 aromatic carbocycles. The minimum Gasteiger partial charge on any atom is -0.324 e. The molecular formula is C21H28N2O3S. The summed E-state index contributed by atoms with van der Waals surface area (Å²) in [5, 5.41) is 2.85. The first-order valence-corrected chi connectivity index (χ1v) is 10.8. The summed E-state index contributed by atoms with van der Waals surface area (Å²) in [5.41, 5.74) is 5.05. The van der Waals surface area contributed by atoms with Gasteiger partial charge in [-0.1, -0.05) is 44.2 Å². The molecule has 0 aliphatic carbocycles. The van der Waals surface area contributed by atoms with E-state index in [2.05, 4.69) is 5.32 Å². The highest BCUT2D eigenvalue weighted by Gasteiger charge is 2.25. The van der Waals surface area contributed by atoms with Crippen LogP contribution in [0.3, 0.4) is 0 Å². The van der Waals surface area contributed by atoms with Crippen molar-refractivity contribution in [2.45, 2.75) is 40.5 Å². The van der Waals surface area contributed by atoms with Crippen molar-refractivity contribution in [1.82, 2.24) is 0 Å². The summed E-state index contributed by atoms with van der Waals surface area (Å²) >= 11 is 0. The zero-order chi connectivity index (χ0) is 20.4. The smallest absolute Gasteiger partial charge is 0.245 e. The van der Waals surface area contributed by atoms with Crippen molar-refractivity contribution in [2.24, 2.45) is 0 Å². The summed E-state index contributed by atoms with van der Waals surface area (Å²) in [4.78, 5) is 12.7. The first-order chi connectivity index (χ1) is 12.5. The van der Waals surface area contributed by atoms with Crippen LogP contribution in [-0.2, 0) is 14.8 Å². The van der Waals surface area contributed by atoms with Crippen molar-refractivity contribution in [3.63, 3.8) is 0 Å². The molecule has 2 rings (SSSR count). The quantitative estimate of drug-likeness (QED) is 0.809. The maximum atomic E-state index is 12.7. The second-order valence-electron chi connectivity index (χ2n) is 7.23. The van der Waals surface area contributed by atoms with Gasteiger partial charge in [-0.05, 0) is 55.0 Å². The number of sulfonamides is 1. The zero-order valence-corrected chi connectivity index (χ0v) is 17.6. The van der Waals surface area contributed by atoms with E-state index < -0.39 is 10.0 Å². The van der Waals surface area contributed by atoms with E-state index >= 15 is 0 Å². The second kappa shape index (κ2) is 8.13. The van der Waals surface area contributed by atoms with Crippen molar-refractivity contribution in [3.8, 4) is 0 Å². The topological polar surface area (TPSA) is 66.5 Å². The zero-order valence-electron chi connectivity index (χ0n) is 16.8. The van der Waals surface area contributed by atoms with Gasteiger partial charge in [-0.15, -0.1) is 0 Å². The molecule has 0 aliphatic heterocycles. The molecule has 0 bridgehead atoms. The number of carbonyl (C=O) groups is 1. The fraction of sp³-hybridized carbons (Fsp3) is 0.381. The Morgan fingerprint density at radius 3 is 2.22 bits per heavy atom. The molecule has 5 nitrogen and oxygen atoms in total. The van der Waals surface area contributed by atoms with Crippen LogP contribution in [0.2, 0.25) is 0 Å². The highest BCUT2D eigenvalue weighted by molar-refractivity contribution is 7.92. The fourth-order valence-corrected chi connectivity index (χ4v) is 3.99. The highest BCUT2D eigenvalue weighted by Crippen LogP contribution is 2.32. The van der Waals surface area contributed by atoms with E-state index in [1.165, 1.54) is 4.31 Å². The van der Waals surface area contributed by atoms with Gasteiger partial charge >= 0.3 is 0 Å². The average molecular weight is 389 g/mol. The van der Waals surface area contributed by atoms with Crippen molar-refractivity contribution >= 4 is 27.3 Å². The molecule has 1 N–H and O–H groups in total. The van der Waals surface area contributed by atoms with Crippen LogP contribution < -0.4 is 9.62 Å². The molecule has 146 valence electrons. The number of hydrogen-bond donors (Lipinski definition) is 1. The number of amides is 1. The summed E-state index contributed by atoms with van der Waals surface area (Å²) in [5.74, 6) is -0.238. The van der Waals surface area contributed by atoms with E-state index in [1.54, 1.807) is 0 Å². The van der Waals surface area contributed by atoms with Crippen molar-refractivity contribution < 1.29 is 13.2 Å². The van der Waals surface area contributed by atoms with Gasteiger partial charge in [0.05, 0.1) is 11.9 Å². The fourth-order valence-electron chi connectivity index (χ4n) is 3.06. The van der Waals surface area contributed by atoms with Crippen LogP contribution in [-0.4, -0.2) is 27.1 Å². The third-order valence-electron chi connectivity index (χ3n) is 4.71. The van der Waals surface area contributed by atoms with Crippen molar-refractivity contribution in [1.29, 1.82) is 0 Å². The van der Waals surface area contributed by atoms with Crippen LogP contribution in [0.4, 0.5) is 11.4 Å². The first kappa shape index (κ1) is 21.0. The molecule has 0 unspecified atom stereocenters. The molecule has 27 heavy (non-hydrogen) atoms. The normalized spacial score (nSPS) is 11.5. The molecule has 0 heterocycles. The number of nitrogens with zero attached hydrogens (tertiary/aromatic N) is 1. The van der Waals surface area contributed by atoms with Gasteiger partial charge in [0.2, 0.25) is 15.9 Å². The number of anilines is 2. The molecule has 2 aromatic rings. The lowest BCUT2D eigenvalue weighted by Crippen LogP contribution is -2.38. The average Bonchev–Trinajstić information content (AvgIpc) is 2.56. The lowest BCUT2D eigenvalue weighted by molar-refractivity contribution is -0.114. The molecule has 0 aromatic heterocycles. The number of hydrogen-bond acceptors (Lipinski definition) is 3. The Hall–Kier alpha value is -2.34. The molecule has 0 saturated heterocycles. The standard InChI is InChI=1S/C21H28N2O3S/c1-14(2)18-11-7-10-16(4)21(18)23(27(6,25)26)13-20(24)22-19-12-8-9-15(3)17(19)5/h7-12,14H,13H2,1-6H3,(H,22,24). The Bertz CT molecular complexity index is 950. The number of carbonyl (C=O) groups excluding carboxylic acids is 1. The SMILES string of the molecule is Cc1cccc(NC(=O)CN(c2c(C)cccc2C(C)C)S(C)(=O)=O)c1C.